The molecular formula is C3H8O4S2. The quantitative estimate of drug-likeness (QED) is 0.263. The number of rotatable bonds is 4. The second-order valence-electron chi connectivity index (χ2n) is 1.40. The molecule has 0 aliphatic heterocycles. The Bertz CT molecular complexity index is 149. The maximum atomic E-state index is 10.3. The minimum absolute atomic E-state index is 0.0825. The molecule has 56 valence electrons. The molecule has 6 heteroatoms. The van der Waals surface area contributed by atoms with E-state index in [1.54, 1.807) is 0 Å². The van der Waals surface area contributed by atoms with Crippen molar-refractivity contribution in [2.45, 2.75) is 0 Å². The Kier molecular flexibility index (Phi) is 4.20. The fourth-order valence-corrected chi connectivity index (χ4v) is 1.11. The van der Waals surface area contributed by atoms with Gasteiger partial charge in [0.2, 0.25) is 0 Å². The van der Waals surface area contributed by atoms with Crippen LogP contribution >= 0.6 is 12.0 Å². The van der Waals surface area contributed by atoms with Crippen molar-refractivity contribution in [1.82, 2.24) is 0 Å². The minimum Gasteiger partial charge on any atom is -0.228 e. The van der Waals surface area contributed by atoms with E-state index in [9.17, 15) is 8.42 Å². The van der Waals surface area contributed by atoms with Crippen LogP contribution in [0.4, 0.5) is 0 Å². The first-order valence-corrected chi connectivity index (χ1v) is 5.03. The summed E-state index contributed by atoms with van der Waals surface area (Å²) in [6, 6.07) is 0. The lowest BCUT2D eigenvalue weighted by molar-refractivity contribution is -0.159. The van der Waals surface area contributed by atoms with E-state index in [4.69, 9.17) is 0 Å². The van der Waals surface area contributed by atoms with Gasteiger partial charge in [-0.3, -0.25) is 0 Å². The van der Waals surface area contributed by atoms with Crippen LogP contribution < -0.4 is 0 Å². The van der Waals surface area contributed by atoms with Crippen LogP contribution in [0.5, 0.6) is 0 Å². The van der Waals surface area contributed by atoms with Gasteiger partial charge in [0.1, 0.15) is 5.08 Å². The summed E-state index contributed by atoms with van der Waals surface area (Å²) in [5, 5.41) is -0.0825. The molecule has 0 aliphatic carbocycles. The molecule has 4 nitrogen and oxygen atoms in total. The summed E-state index contributed by atoms with van der Waals surface area (Å²) in [6.07, 6.45) is 1.12. The number of hydrogen-bond donors (Lipinski definition) is 0. The van der Waals surface area contributed by atoms with Crippen LogP contribution in [0.3, 0.4) is 0 Å². The van der Waals surface area contributed by atoms with Crippen molar-refractivity contribution >= 4 is 21.9 Å². The third-order valence-electron chi connectivity index (χ3n) is 0.378. The van der Waals surface area contributed by atoms with Gasteiger partial charge in [-0.1, -0.05) is 0 Å². The Morgan fingerprint density at radius 1 is 1.56 bits per heavy atom. The first-order chi connectivity index (χ1) is 4.06. The highest BCUT2D eigenvalue weighted by molar-refractivity contribution is 8.09. The molecular weight excluding hydrogens is 164 g/mol. The highest BCUT2D eigenvalue weighted by Crippen LogP contribution is 2.04. The van der Waals surface area contributed by atoms with Crippen LogP contribution in [0, 0.1) is 0 Å². The van der Waals surface area contributed by atoms with Gasteiger partial charge in [0.05, 0.1) is 7.11 Å². The fraction of sp³-hybridized carbons (Fsp3) is 1.00. The third-order valence-corrected chi connectivity index (χ3v) is 2.71. The first-order valence-electron chi connectivity index (χ1n) is 2.06. The van der Waals surface area contributed by atoms with E-state index in [0.29, 0.717) is 0 Å². The zero-order chi connectivity index (χ0) is 7.33. The molecule has 0 fully saturated rings. The van der Waals surface area contributed by atoms with Crippen LogP contribution in [-0.2, 0) is 19.1 Å². The van der Waals surface area contributed by atoms with Crippen LogP contribution in [0.2, 0.25) is 0 Å². The van der Waals surface area contributed by atoms with Gasteiger partial charge in [-0.15, -0.1) is 0 Å². The van der Waals surface area contributed by atoms with Crippen molar-refractivity contribution < 1.29 is 17.6 Å². The summed E-state index contributed by atoms with van der Waals surface area (Å²) in [5.74, 6) is 0. The van der Waals surface area contributed by atoms with Crippen molar-refractivity contribution in [3.63, 3.8) is 0 Å². The average molecular weight is 172 g/mol. The van der Waals surface area contributed by atoms with Crippen LogP contribution in [0.15, 0.2) is 0 Å². The molecule has 0 aromatic heterocycles. The molecule has 9 heavy (non-hydrogen) atoms. The highest BCUT2D eigenvalue weighted by Gasteiger charge is 2.01. The summed E-state index contributed by atoms with van der Waals surface area (Å²) >= 11 is 0.750. The zero-order valence-electron chi connectivity index (χ0n) is 5.16. The lowest BCUT2D eigenvalue weighted by Gasteiger charge is -1.94. The summed E-state index contributed by atoms with van der Waals surface area (Å²) in [7, 11) is -1.62. The van der Waals surface area contributed by atoms with E-state index in [1.807, 2.05) is 0 Å². The summed E-state index contributed by atoms with van der Waals surface area (Å²) in [4.78, 5) is 4.14. The topological polar surface area (TPSA) is 52.6 Å². The van der Waals surface area contributed by atoms with Crippen LogP contribution in [-0.4, -0.2) is 26.9 Å². The molecule has 0 saturated carbocycles. The lowest BCUT2D eigenvalue weighted by Crippen LogP contribution is -1.98. The Balaban J connectivity index is 3.30. The van der Waals surface area contributed by atoms with Crippen molar-refractivity contribution in [3.8, 4) is 0 Å². The average Bonchev–Trinajstić information content (AvgIpc) is 1.63. The molecule has 0 saturated heterocycles. The Morgan fingerprint density at radius 3 is 2.44 bits per heavy atom. The molecule has 0 aliphatic rings. The normalized spacial score (nSPS) is 11.8. The fourth-order valence-electron chi connectivity index (χ4n) is 0.155. The predicted molar refractivity (Wildman–Crippen MR) is 35.4 cm³/mol. The second kappa shape index (κ2) is 4.10. The van der Waals surface area contributed by atoms with Gasteiger partial charge in [-0.2, -0.15) is 4.33 Å². The Morgan fingerprint density at radius 2 is 2.11 bits per heavy atom. The van der Waals surface area contributed by atoms with Gasteiger partial charge < -0.3 is 0 Å². The molecule has 0 amide bonds. The van der Waals surface area contributed by atoms with Gasteiger partial charge >= 0.3 is 0 Å². The molecule has 0 rings (SSSR count). The zero-order valence-corrected chi connectivity index (χ0v) is 6.79. The van der Waals surface area contributed by atoms with Gasteiger partial charge in [0.25, 0.3) is 0 Å². The number of sulfone groups is 1. The van der Waals surface area contributed by atoms with Crippen molar-refractivity contribution in [2.75, 3.05) is 18.5 Å². The standard InChI is InChI=1S/C3H8O4S2/c1-6-7-8-3-9(2,4)5/h3H2,1-2H3. The van der Waals surface area contributed by atoms with Crippen molar-refractivity contribution in [1.29, 1.82) is 0 Å². The van der Waals surface area contributed by atoms with E-state index in [1.165, 1.54) is 7.11 Å². The van der Waals surface area contributed by atoms with Gasteiger partial charge in [-0.25, -0.2) is 13.3 Å². The highest BCUT2D eigenvalue weighted by atomic mass is 32.3. The van der Waals surface area contributed by atoms with E-state index in [2.05, 4.69) is 9.22 Å². The molecule has 0 atom stereocenters. The first kappa shape index (κ1) is 9.22. The smallest absolute Gasteiger partial charge is 0.159 e. The Labute approximate surface area is 58.6 Å². The molecule has 0 radical (unpaired) electrons. The molecule has 0 aromatic carbocycles. The molecule has 0 aromatic rings. The van der Waals surface area contributed by atoms with Gasteiger partial charge in [-0.05, 0) is 0 Å². The van der Waals surface area contributed by atoms with E-state index in [0.717, 1.165) is 18.3 Å². The molecule has 0 heterocycles. The van der Waals surface area contributed by atoms with Gasteiger partial charge in [0, 0.05) is 18.3 Å². The minimum atomic E-state index is -2.94. The van der Waals surface area contributed by atoms with E-state index in [-0.39, 0.29) is 5.08 Å². The second-order valence-corrected chi connectivity index (χ2v) is 4.56. The monoisotopic (exact) mass is 172 g/mol. The third kappa shape index (κ3) is 8.22. The van der Waals surface area contributed by atoms with Crippen LogP contribution in [0.1, 0.15) is 0 Å². The SMILES string of the molecule is COOSCS(C)(=O)=O. The molecule has 0 N–H and O–H groups in total. The predicted octanol–water partition coefficient (Wildman–Crippen LogP) is 0.215. The molecule has 0 spiro atoms. The van der Waals surface area contributed by atoms with Crippen molar-refractivity contribution in [3.05, 3.63) is 0 Å². The lowest BCUT2D eigenvalue weighted by atomic mass is 11.8. The summed E-state index contributed by atoms with van der Waals surface area (Å²) < 4.78 is 24.9. The summed E-state index contributed by atoms with van der Waals surface area (Å²) in [5.41, 5.74) is 0. The Hall–Kier alpha value is 0.220. The van der Waals surface area contributed by atoms with Gasteiger partial charge in [0.15, 0.2) is 9.84 Å². The largest absolute Gasteiger partial charge is 0.228 e. The molecule has 0 bridgehead atoms. The maximum Gasteiger partial charge on any atom is 0.159 e. The number of hydrogen-bond acceptors (Lipinski definition) is 5. The van der Waals surface area contributed by atoms with Crippen LogP contribution in [0.25, 0.3) is 0 Å². The van der Waals surface area contributed by atoms with E-state index < -0.39 is 9.84 Å². The van der Waals surface area contributed by atoms with E-state index >= 15 is 0 Å². The molecule has 0 unspecified atom stereocenters. The maximum absolute atomic E-state index is 10.3. The van der Waals surface area contributed by atoms with Crippen molar-refractivity contribution in [2.24, 2.45) is 0 Å². The summed E-state index contributed by atoms with van der Waals surface area (Å²) in [6.45, 7) is 0.